The molecule has 2 aromatic carbocycles. The van der Waals surface area contributed by atoms with Crippen molar-refractivity contribution in [1.29, 1.82) is 0 Å². The molecule has 8 heterocycles. The Labute approximate surface area is 319 Å². The summed E-state index contributed by atoms with van der Waals surface area (Å²) in [6, 6.07) is 36.6. The zero-order valence-corrected chi connectivity index (χ0v) is 30.0. The maximum atomic E-state index is 6.24. The van der Waals surface area contributed by atoms with Crippen LogP contribution in [0.3, 0.4) is 0 Å². The van der Waals surface area contributed by atoms with Crippen LogP contribution in [0.25, 0.3) is 90.7 Å². The minimum Gasteiger partial charge on any atom is -0.458 e. The molecule has 0 aliphatic rings. The van der Waals surface area contributed by atoms with Gasteiger partial charge in [0.1, 0.15) is 11.5 Å². The number of nitrogens with one attached hydrogen (secondary N) is 4. The summed E-state index contributed by atoms with van der Waals surface area (Å²) < 4.78 is 12.0. The second kappa shape index (κ2) is 13.8. The van der Waals surface area contributed by atoms with Crippen molar-refractivity contribution in [3.05, 3.63) is 157 Å². The van der Waals surface area contributed by atoms with Gasteiger partial charge in [0, 0.05) is 45.0 Å². The van der Waals surface area contributed by atoms with E-state index in [1.54, 1.807) is 18.6 Å². The molecule has 12 nitrogen and oxygen atoms in total. The number of rotatable bonds is 10. The number of aromatic amines is 4. The Morgan fingerprint density at radius 2 is 1.04 bits per heavy atom. The van der Waals surface area contributed by atoms with Gasteiger partial charge < -0.3 is 28.8 Å². The summed E-state index contributed by atoms with van der Waals surface area (Å²) >= 11 is 0. The lowest BCUT2D eigenvalue weighted by atomic mass is 10.1. The number of nitrogens with zero attached hydrogens (tertiary/aromatic N) is 6. The zero-order chi connectivity index (χ0) is 37.4. The van der Waals surface area contributed by atoms with Gasteiger partial charge in [-0.1, -0.05) is 36.4 Å². The number of benzene rings is 2. The van der Waals surface area contributed by atoms with Crippen molar-refractivity contribution >= 4 is 0 Å². The largest absolute Gasteiger partial charge is 0.458 e. The third-order valence-corrected chi connectivity index (χ3v) is 9.63. The normalized spacial score (nSPS) is 11.4. The number of aromatic nitrogens is 10. The molecule has 0 unspecified atom stereocenters. The van der Waals surface area contributed by atoms with E-state index < -0.39 is 0 Å². The van der Waals surface area contributed by atoms with E-state index in [-0.39, 0.29) is 0 Å². The van der Waals surface area contributed by atoms with Crippen LogP contribution in [0.1, 0.15) is 17.2 Å². The monoisotopic (exact) mass is 732 g/mol. The standard InChI is InChI=1S/C44H32N10O2/c1-26-8-14-41(55-26)43-45-24-39(52-43)29-6-3-7-30(19-29)40-25-46-44(53-40)42-15-9-34(56-42)21-33-20-32(23-49-54-33)38-13-11-36(51-38)28-5-2-4-27(18-28)35-10-12-37(50-35)31-16-17-47-48-22-31/h2-20,22-25,50-51H,21H2,1H3,(H,45,52)(H,46,53). The van der Waals surface area contributed by atoms with Crippen molar-refractivity contribution in [2.24, 2.45) is 0 Å². The lowest BCUT2D eigenvalue weighted by molar-refractivity contribution is 0.528. The van der Waals surface area contributed by atoms with Crippen molar-refractivity contribution < 1.29 is 8.83 Å². The predicted octanol–water partition coefficient (Wildman–Crippen LogP) is 9.79. The number of imidazole rings is 2. The van der Waals surface area contributed by atoms with Crippen molar-refractivity contribution in [3.63, 3.8) is 0 Å². The van der Waals surface area contributed by atoms with E-state index >= 15 is 0 Å². The van der Waals surface area contributed by atoms with Crippen LogP contribution < -0.4 is 0 Å². The van der Waals surface area contributed by atoms with Gasteiger partial charge in [-0.2, -0.15) is 20.4 Å². The summed E-state index contributed by atoms with van der Waals surface area (Å²) in [6.45, 7) is 1.91. The van der Waals surface area contributed by atoms with Crippen LogP contribution in [-0.4, -0.2) is 50.3 Å². The van der Waals surface area contributed by atoms with E-state index in [4.69, 9.17) is 8.83 Å². The van der Waals surface area contributed by atoms with Gasteiger partial charge in [0.05, 0.1) is 54.5 Å². The first-order chi connectivity index (χ1) is 27.6. The predicted molar refractivity (Wildman–Crippen MR) is 213 cm³/mol. The fraction of sp³-hybridized carbons (Fsp3) is 0.0455. The topological polar surface area (TPSA) is 167 Å². The number of hydrogen-bond acceptors (Lipinski definition) is 8. The van der Waals surface area contributed by atoms with Crippen LogP contribution in [0.2, 0.25) is 0 Å². The lowest BCUT2D eigenvalue weighted by Crippen LogP contribution is -1.94. The van der Waals surface area contributed by atoms with Crippen LogP contribution >= 0.6 is 0 Å². The number of aryl methyl sites for hydroxylation is 1. The molecule has 0 saturated heterocycles. The van der Waals surface area contributed by atoms with Gasteiger partial charge >= 0.3 is 0 Å². The van der Waals surface area contributed by atoms with E-state index in [1.807, 2.05) is 73.9 Å². The molecule has 56 heavy (non-hydrogen) atoms. The smallest absolute Gasteiger partial charge is 0.173 e. The Morgan fingerprint density at radius 1 is 0.464 bits per heavy atom. The average molecular weight is 733 g/mol. The van der Waals surface area contributed by atoms with Crippen LogP contribution in [0, 0.1) is 6.92 Å². The number of hydrogen-bond donors (Lipinski definition) is 4. The maximum absolute atomic E-state index is 6.24. The fourth-order valence-electron chi connectivity index (χ4n) is 6.79. The van der Waals surface area contributed by atoms with Gasteiger partial charge in [-0.3, -0.25) is 0 Å². The molecule has 0 aliphatic carbocycles. The third-order valence-electron chi connectivity index (χ3n) is 9.63. The molecular formula is C44H32N10O2. The second-order valence-electron chi connectivity index (χ2n) is 13.4. The van der Waals surface area contributed by atoms with Gasteiger partial charge in [-0.25, -0.2) is 9.97 Å². The summed E-state index contributed by atoms with van der Waals surface area (Å²) in [5.41, 5.74) is 12.6. The quantitative estimate of drug-likeness (QED) is 0.108. The SMILES string of the molecule is Cc1ccc(-c2ncc(-c3cccc(-c4cnc(-c5ccc(Cc6cc(-c7ccc(-c8cccc(-c9ccc(-c%10ccnnc%10)[nH]9)c8)[nH]7)cnn6)o5)[nH]4)c3)[nH]2)o1. The lowest BCUT2D eigenvalue weighted by Gasteiger charge is -2.04. The average Bonchev–Trinajstić information content (AvgIpc) is 4.10. The summed E-state index contributed by atoms with van der Waals surface area (Å²) in [6.07, 6.45) is 9.31. The van der Waals surface area contributed by atoms with Crippen LogP contribution in [-0.2, 0) is 6.42 Å². The first kappa shape index (κ1) is 32.8. The minimum atomic E-state index is 0.476. The van der Waals surface area contributed by atoms with Crippen molar-refractivity contribution in [2.75, 3.05) is 0 Å². The van der Waals surface area contributed by atoms with Crippen molar-refractivity contribution in [2.45, 2.75) is 13.3 Å². The Bertz CT molecular complexity index is 2940. The second-order valence-corrected chi connectivity index (χ2v) is 13.4. The van der Waals surface area contributed by atoms with E-state index in [2.05, 4.69) is 105 Å². The Kier molecular flexibility index (Phi) is 8.10. The highest BCUT2D eigenvalue weighted by atomic mass is 16.3. The van der Waals surface area contributed by atoms with Crippen molar-refractivity contribution in [1.82, 2.24) is 50.3 Å². The molecule has 0 bridgehead atoms. The molecule has 12 heteroatoms. The number of H-pyrrole nitrogens is 4. The highest BCUT2D eigenvalue weighted by molar-refractivity contribution is 5.75. The summed E-state index contributed by atoms with van der Waals surface area (Å²) in [7, 11) is 0. The van der Waals surface area contributed by atoms with Gasteiger partial charge in [-0.05, 0) is 90.8 Å². The molecule has 0 aliphatic heterocycles. The molecule has 10 rings (SSSR count). The van der Waals surface area contributed by atoms with E-state index in [0.717, 1.165) is 84.8 Å². The summed E-state index contributed by atoms with van der Waals surface area (Å²) in [5, 5.41) is 16.6. The maximum Gasteiger partial charge on any atom is 0.173 e. The molecular weight excluding hydrogens is 701 g/mol. The summed E-state index contributed by atoms with van der Waals surface area (Å²) in [4.78, 5) is 23.0. The highest BCUT2D eigenvalue weighted by Crippen LogP contribution is 2.32. The van der Waals surface area contributed by atoms with Gasteiger partial charge in [0.25, 0.3) is 0 Å². The molecule has 0 atom stereocenters. The highest BCUT2D eigenvalue weighted by Gasteiger charge is 2.15. The van der Waals surface area contributed by atoms with Gasteiger partial charge in [0.15, 0.2) is 23.2 Å². The Morgan fingerprint density at radius 3 is 1.64 bits per heavy atom. The van der Waals surface area contributed by atoms with Crippen molar-refractivity contribution in [3.8, 4) is 90.7 Å². The van der Waals surface area contributed by atoms with Crippen LogP contribution in [0.5, 0.6) is 0 Å². The molecule has 270 valence electrons. The van der Waals surface area contributed by atoms with E-state index in [0.29, 0.717) is 29.6 Å². The molecule has 4 N–H and O–H groups in total. The van der Waals surface area contributed by atoms with Crippen LogP contribution in [0.15, 0.2) is 149 Å². The number of furan rings is 2. The van der Waals surface area contributed by atoms with E-state index in [9.17, 15) is 0 Å². The first-order valence-electron chi connectivity index (χ1n) is 18.0. The molecule has 0 amide bonds. The molecule has 0 radical (unpaired) electrons. The van der Waals surface area contributed by atoms with E-state index in [1.165, 1.54) is 0 Å². The Balaban J connectivity index is 0.822. The third kappa shape index (κ3) is 6.51. The fourth-order valence-corrected chi connectivity index (χ4v) is 6.79. The first-order valence-corrected chi connectivity index (χ1v) is 18.0. The molecule has 0 fully saturated rings. The summed E-state index contributed by atoms with van der Waals surface area (Å²) in [5.74, 6) is 4.26. The molecule has 0 saturated carbocycles. The minimum absolute atomic E-state index is 0.476. The van der Waals surface area contributed by atoms with Gasteiger partial charge in [0.2, 0.25) is 0 Å². The molecule has 0 spiro atoms. The molecule has 8 aromatic heterocycles. The zero-order valence-electron chi connectivity index (χ0n) is 30.0. The molecule has 10 aromatic rings. The Hall–Kier alpha value is -7.86. The van der Waals surface area contributed by atoms with Crippen LogP contribution in [0.4, 0.5) is 0 Å². The van der Waals surface area contributed by atoms with Gasteiger partial charge in [-0.15, -0.1) is 0 Å².